The highest BCUT2D eigenvalue weighted by Crippen LogP contribution is 2.40. The van der Waals surface area contributed by atoms with Crippen molar-refractivity contribution in [2.24, 2.45) is 0 Å². The summed E-state index contributed by atoms with van der Waals surface area (Å²) in [5, 5.41) is 3.21. The standard InChI is InChI=1S/C22H24O4Si/c1-13-12-24-20-16-11-10-14-15(19(16)25-21(23)18(13)20)8-7-9-17(14)26-27(5,6)22(2,3)4/h7-12H,1-6H3. The van der Waals surface area contributed by atoms with Gasteiger partial charge in [0, 0.05) is 16.3 Å². The zero-order valence-corrected chi connectivity index (χ0v) is 17.6. The highest BCUT2D eigenvalue weighted by molar-refractivity contribution is 6.74. The molecule has 0 unspecified atom stereocenters. The van der Waals surface area contributed by atoms with Crippen molar-refractivity contribution in [1.82, 2.24) is 0 Å². The maximum atomic E-state index is 12.5. The van der Waals surface area contributed by atoms with Crippen LogP contribution in [0.15, 0.2) is 50.2 Å². The van der Waals surface area contributed by atoms with Crippen LogP contribution >= 0.6 is 0 Å². The number of aryl methyl sites for hydroxylation is 1. The second kappa shape index (κ2) is 5.73. The molecular weight excluding hydrogens is 356 g/mol. The molecule has 140 valence electrons. The predicted octanol–water partition coefficient (Wildman–Crippen LogP) is 6.38. The summed E-state index contributed by atoms with van der Waals surface area (Å²) in [6, 6.07) is 9.87. The Morgan fingerprint density at radius 2 is 1.67 bits per heavy atom. The summed E-state index contributed by atoms with van der Waals surface area (Å²) in [6.45, 7) is 12.9. The van der Waals surface area contributed by atoms with Gasteiger partial charge in [0.15, 0.2) is 5.58 Å². The average molecular weight is 381 g/mol. The second-order valence-corrected chi connectivity index (χ2v) is 13.4. The zero-order chi connectivity index (χ0) is 19.6. The van der Waals surface area contributed by atoms with Gasteiger partial charge in [-0.2, -0.15) is 0 Å². The van der Waals surface area contributed by atoms with Gasteiger partial charge in [-0.1, -0.05) is 32.9 Å². The first-order valence-corrected chi connectivity index (χ1v) is 12.1. The van der Waals surface area contributed by atoms with Crippen LogP contribution in [0.4, 0.5) is 0 Å². The van der Waals surface area contributed by atoms with Crippen molar-refractivity contribution in [3.63, 3.8) is 0 Å². The second-order valence-electron chi connectivity index (χ2n) is 8.67. The first-order chi connectivity index (χ1) is 12.6. The van der Waals surface area contributed by atoms with E-state index in [-0.39, 0.29) is 10.7 Å². The van der Waals surface area contributed by atoms with E-state index in [1.807, 2.05) is 37.3 Å². The van der Waals surface area contributed by atoms with Gasteiger partial charge in [-0.25, -0.2) is 4.79 Å². The third-order valence-corrected chi connectivity index (χ3v) is 10.1. The molecule has 2 aromatic carbocycles. The van der Waals surface area contributed by atoms with E-state index in [0.29, 0.717) is 16.6 Å². The molecule has 2 heterocycles. The van der Waals surface area contributed by atoms with Gasteiger partial charge in [0.2, 0.25) is 0 Å². The zero-order valence-electron chi connectivity index (χ0n) is 16.6. The summed E-state index contributed by atoms with van der Waals surface area (Å²) < 4.78 is 17.9. The van der Waals surface area contributed by atoms with Gasteiger partial charge in [0.25, 0.3) is 8.32 Å². The minimum atomic E-state index is -1.99. The van der Waals surface area contributed by atoms with Crippen LogP contribution in [0.2, 0.25) is 18.1 Å². The normalized spacial score (nSPS) is 13.0. The summed E-state index contributed by atoms with van der Waals surface area (Å²) in [4.78, 5) is 12.5. The topological polar surface area (TPSA) is 52.6 Å². The molecule has 2 aromatic heterocycles. The van der Waals surface area contributed by atoms with Crippen molar-refractivity contribution in [1.29, 1.82) is 0 Å². The monoisotopic (exact) mass is 380 g/mol. The molecule has 0 spiro atoms. The van der Waals surface area contributed by atoms with E-state index in [1.54, 1.807) is 6.26 Å². The van der Waals surface area contributed by atoms with Crippen LogP contribution in [0, 0.1) is 6.92 Å². The largest absolute Gasteiger partial charge is 0.543 e. The summed E-state index contributed by atoms with van der Waals surface area (Å²) in [5.74, 6) is 0.833. The number of benzene rings is 2. The van der Waals surface area contributed by atoms with Gasteiger partial charge < -0.3 is 13.3 Å². The number of hydrogen-bond donors (Lipinski definition) is 0. The number of rotatable bonds is 2. The molecule has 0 fully saturated rings. The molecule has 0 saturated heterocycles. The van der Waals surface area contributed by atoms with Gasteiger partial charge in [-0.15, -0.1) is 0 Å². The molecule has 0 atom stereocenters. The number of fused-ring (bicyclic) bond motifs is 5. The maximum absolute atomic E-state index is 12.5. The molecule has 0 aliphatic heterocycles. The maximum Gasteiger partial charge on any atom is 0.347 e. The van der Waals surface area contributed by atoms with E-state index in [9.17, 15) is 4.79 Å². The highest BCUT2D eigenvalue weighted by Gasteiger charge is 2.39. The van der Waals surface area contributed by atoms with E-state index >= 15 is 0 Å². The van der Waals surface area contributed by atoms with Gasteiger partial charge in [-0.3, -0.25) is 0 Å². The average Bonchev–Trinajstić information content (AvgIpc) is 2.96. The third kappa shape index (κ3) is 2.68. The predicted molar refractivity (Wildman–Crippen MR) is 112 cm³/mol. The van der Waals surface area contributed by atoms with E-state index in [0.717, 1.165) is 27.5 Å². The molecule has 0 bridgehead atoms. The molecule has 0 aliphatic rings. The van der Waals surface area contributed by atoms with Gasteiger partial charge in [-0.05, 0) is 43.3 Å². The Balaban J connectivity index is 2.01. The van der Waals surface area contributed by atoms with E-state index in [2.05, 4.69) is 33.9 Å². The third-order valence-electron chi connectivity index (χ3n) is 5.76. The van der Waals surface area contributed by atoms with Crippen molar-refractivity contribution < 1.29 is 13.3 Å². The summed E-state index contributed by atoms with van der Waals surface area (Å²) >= 11 is 0. The van der Waals surface area contributed by atoms with Crippen molar-refractivity contribution in [2.75, 3.05) is 0 Å². The SMILES string of the molecule is Cc1coc2c1c(=O)oc1c3cccc(O[Si](C)(C)C(C)(C)C)c3ccc21. The van der Waals surface area contributed by atoms with Crippen LogP contribution in [-0.4, -0.2) is 8.32 Å². The first kappa shape index (κ1) is 17.9. The number of furan rings is 1. The summed E-state index contributed by atoms with van der Waals surface area (Å²) in [7, 11) is -1.99. The van der Waals surface area contributed by atoms with E-state index < -0.39 is 8.32 Å². The Morgan fingerprint density at radius 3 is 2.37 bits per heavy atom. The fourth-order valence-corrected chi connectivity index (χ4v) is 4.18. The lowest BCUT2D eigenvalue weighted by molar-refractivity contribution is 0.496. The Morgan fingerprint density at radius 1 is 0.963 bits per heavy atom. The smallest absolute Gasteiger partial charge is 0.347 e. The van der Waals surface area contributed by atoms with Gasteiger partial charge >= 0.3 is 5.63 Å². The number of hydrogen-bond acceptors (Lipinski definition) is 4. The molecule has 4 nitrogen and oxygen atoms in total. The molecule has 0 N–H and O–H groups in total. The minimum Gasteiger partial charge on any atom is -0.543 e. The van der Waals surface area contributed by atoms with E-state index in [4.69, 9.17) is 13.3 Å². The molecule has 27 heavy (non-hydrogen) atoms. The lowest BCUT2D eigenvalue weighted by Gasteiger charge is -2.36. The van der Waals surface area contributed by atoms with Crippen molar-refractivity contribution >= 4 is 41.0 Å². The van der Waals surface area contributed by atoms with Gasteiger partial charge in [0.05, 0.1) is 11.6 Å². The molecule has 0 aliphatic carbocycles. The molecule has 5 heteroatoms. The quantitative estimate of drug-likeness (QED) is 0.230. The Kier molecular flexibility index (Phi) is 3.79. The summed E-state index contributed by atoms with van der Waals surface area (Å²) in [6.07, 6.45) is 1.60. The molecule has 4 rings (SSSR count). The van der Waals surface area contributed by atoms with Crippen molar-refractivity contribution in [2.45, 2.75) is 45.8 Å². The van der Waals surface area contributed by atoms with Crippen LogP contribution in [0.25, 0.3) is 32.7 Å². The van der Waals surface area contributed by atoms with Crippen LogP contribution in [0.3, 0.4) is 0 Å². The highest BCUT2D eigenvalue weighted by atomic mass is 28.4. The molecule has 0 amide bonds. The Bertz CT molecular complexity index is 1240. The van der Waals surface area contributed by atoms with Crippen molar-refractivity contribution in [3.05, 3.63) is 52.6 Å². The molecular formula is C22H24O4Si. The summed E-state index contributed by atoms with van der Waals surface area (Å²) in [5.41, 5.74) is 1.54. The minimum absolute atomic E-state index is 0.0937. The first-order valence-electron chi connectivity index (χ1n) is 9.15. The fraction of sp³-hybridized carbons (Fsp3) is 0.318. The van der Waals surface area contributed by atoms with Crippen LogP contribution in [0.1, 0.15) is 26.3 Å². The molecule has 4 aromatic rings. The van der Waals surface area contributed by atoms with Crippen LogP contribution < -0.4 is 10.1 Å². The van der Waals surface area contributed by atoms with Crippen molar-refractivity contribution in [3.8, 4) is 5.75 Å². The van der Waals surface area contributed by atoms with Crippen LogP contribution in [0.5, 0.6) is 5.75 Å². The van der Waals surface area contributed by atoms with E-state index in [1.165, 1.54) is 0 Å². The Hall–Kier alpha value is -2.53. The van der Waals surface area contributed by atoms with Gasteiger partial charge in [0.1, 0.15) is 16.7 Å². The molecule has 0 radical (unpaired) electrons. The fourth-order valence-electron chi connectivity index (χ4n) is 3.15. The lowest BCUT2D eigenvalue weighted by atomic mass is 10.1. The van der Waals surface area contributed by atoms with Crippen LogP contribution in [-0.2, 0) is 0 Å². The Labute approximate surface area is 158 Å². The molecule has 0 saturated carbocycles. The lowest BCUT2D eigenvalue weighted by Crippen LogP contribution is -2.43.